The number of H-pyrrole nitrogens is 1. The highest BCUT2D eigenvalue weighted by molar-refractivity contribution is 5.92. The Kier molecular flexibility index (Phi) is 3.89. The van der Waals surface area contributed by atoms with Gasteiger partial charge < -0.3 is 5.32 Å². The van der Waals surface area contributed by atoms with Gasteiger partial charge in [0.2, 0.25) is 11.9 Å². The maximum absolute atomic E-state index is 12.5. The summed E-state index contributed by atoms with van der Waals surface area (Å²) in [5, 5.41) is 6.72. The second-order valence-corrected chi connectivity index (χ2v) is 6.10. The zero-order valence-corrected chi connectivity index (χ0v) is 13.5. The van der Waals surface area contributed by atoms with Crippen molar-refractivity contribution in [1.82, 2.24) is 19.7 Å². The Balaban J connectivity index is 1.49. The molecule has 25 heavy (non-hydrogen) atoms. The van der Waals surface area contributed by atoms with Crippen molar-refractivity contribution in [2.45, 2.75) is 19.3 Å². The third-order valence-electron chi connectivity index (χ3n) is 4.48. The molecule has 0 bridgehead atoms. The van der Waals surface area contributed by atoms with Gasteiger partial charge in [0.15, 0.2) is 0 Å². The lowest BCUT2D eigenvalue weighted by atomic mass is 9.83. The van der Waals surface area contributed by atoms with E-state index in [-0.39, 0.29) is 17.5 Å². The van der Waals surface area contributed by atoms with Gasteiger partial charge in [-0.2, -0.15) is 5.10 Å². The van der Waals surface area contributed by atoms with E-state index in [1.54, 1.807) is 18.5 Å². The second kappa shape index (κ2) is 6.35. The minimum absolute atomic E-state index is 0.139. The van der Waals surface area contributed by atoms with Crippen molar-refractivity contribution < 1.29 is 4.79 Å². The maximum Gasteiger partial charge on any atom is 0.276 e. The number of fused-ring (bicyclic) bond motifs is 1. The first-order chi connectivity index (χ1) is 12.2. The summed E-state index contributed by atoms with van der Waals surface area (Å²) >= 11 is 0. The number of anilines is 1. The molecule has 7 heteroatoms. The topological polar surface area (TPSA) is 92.7 Å². The van der Waals surface area contributed by atoms with E-state index < -0.39 is 5.56 Å². The van der Waals surface area contributed by atoms with Crippen molar-refractivity contribution in [1.29, 1.82) is 0 Å². The molecule has 0 spiro atoms. The molecule has 2 aromatic heterocycles. The van der Waals surface area contributed by atoms with Crippen molar-refractivity contribution in [2.75, 3.05) is 5.32 Å². The largest absolute Gasteiger partial charge is 0.320 e. The van der Waals surface area contributed by atoms with Gasteiger partial charge in [0.05, 0.1) is 6.20 Å². The van der Waals surface area contributed by atoms with Crippen LogP contribution in [0.4, 0.5) is 5.69 Å². The van der Waals surface area contributed by atoms with Crippen LogP contribution in [0.5, 0.6) is 0 Å². The van der Waals surface area contributed by atoms with E-state index >= 15 is 0 Å². The lowest BCUT2D eigenvalue weighted by molar-refractivity contribution is -0.120. The monoisotopic (exact) mass is 335 g/mol. The SMILES string of the molecule is O=C(Nc1cnc(-n2cccn2)[nH]c1=O)C1CCc2ccccc2C1. The fourth-order valence-electron chi connectivity index (χ4n) is 3.14. The summed E-state index contributed by atoms with van der Waals surface area (Å²) in [5.41, 5.74) is 2.26. The number of nitrogens with one attached hydrogen (secondary N) is 2. The van der Waals surface area contributed by atoms with Crippen LogP contribution in [0.25, 0.3) is 5.95 Å². The minimum Gasteiger partial charge on any atom is -0.320 e. The van der Waals surface area contributed by atoms with Crippen LogP contribution in [-0.4, -0.2) is 25.7 Å². The van der Waals surface area contributed by atoms with E-state index in [9.17, 15) is 9.59 Å². The fraction of sp³-hybridized carbons (Fsp3) is 0.222. The molecule has 0 saturated carbocycles. The summed E-state index contributed by atoms with van der Waals surface area (Å²) in [6, 6.07) is 9.90. The molecule has 2 N–H and O–H groups in total. The fourth-order valence-corrected chi connectivity index (χ4v) is 3.14. The van der Waals surface area contributed by atoms with Gasteiger partial charge in [0.1, 0.15) is 5.69 Å². The van der Waals surface area contributed by atoms with Crippen LogP contribution in [0.2, 0.25) is 0 Å². The molecule has 1 aromatic carbocycles. The molecule has 0 fully saturated rings. The van der Waals surface area contributed by atoms with Gasteiger partial charge in [-0.3, -0.25) is 14.6 Å². The van der Waals surface area contributed by atoms with Crippen molar-refractivity contribution in [3.05, 3.63) is 70.4 Å². The Morgan fingerprint density at radius 1 is 1.24 bits per heavy atom. The Morgan fingerprint density at radius 2 is 2.08 bits per heavy atom. The molecule has 3 aromatic rings. The molecule has 1 aliphatic carbocycles. The highest BCUT2D eigenvalue weighted by Gasteiger charge is 2.25. The predicted octanol–water partition coefficient (Wildman–Crippen LogP) is 1.70. The molecule has 126 valence electrons. The molecule has 0 saturated heterocycles. The lowest BCUT2D eigenvalue weighted by Gasteiger charge is -2.23. The number of amides is 1. The summed E-state index contributed by atoms with van der Waals surface area (Å²) in [7, 11) is 0. The number of carbonyl (C=O) groups is 1. The number of carbonyl (C=O) groups excluding carboxylic acids is 1. The summed E-state index contributed by atoms with van der Waals surface area (Å²) < 4.78 is 1.45. The Morgan fingerprint density at radius 3 is 2.84 bits per heavy atom. The van der Waals surface area contributed by atoms with E-state index in [4.69, 9.17) is 0 Å². The highest BCUT2D eigenvalue weighted by atomic mass is 16.2. The molecule has 4 rings (SSSR count). The van der Waals surface area contributed by atoms with Crippen LogP contribution < -0.4 is 10.9 Å². The number of aromatic amines is 1. The minimum atomic E-state index is -0.398. The number of hydrogen-bond acceptors (Lipinski definition) is 4. The van der Waals surface area contributed by atoms with Gasteiger partial charge in [-0.15, -0.1) is 0 Å². The van der Waals surface area contributed by atoms with Crippen molar-refractivity contribution in [3.8, 4) is 5.95 Å². The Bertz CT molecular complexity index is 962. The molecular weight excluding hydrogens is 318 g/mol. The summed E-state index contributed by atoms with van der Waals surface area (Å²) in [5.74, 6) is 0.0216. The van der Waals surface area contributed by atoms with E-state index in [2.05, 4.69) is 32.5 Å². The van der Waals surface area contributed by atoms with Gasteiger partial charge in [0.25, 0.3) is 5.56 Å². The molecule has 1 aliphatic rings. The van der Waals surface area contributed by atoms with Gasteiger partial charge in [-0.25, -0.2) is 9.67 Å². The highest BCUT2D eigenvalue weighted by Crippen LogP contribution is 2.26. The predicted molar refractivity (Wildman–Crippen MR) is 92.6 cm³/mol. The molecule has 1 unspecified atom stereocenters. The van der Waals surface area contributed by atoms with Crippen LogP contribution in [0.15, 0.2) is 53.7 Å². The molecule has 7 nitrogen and oxygen atoms in total. The van der Waals surface area contributed by atoms with Crippen LogP contribution in [-0.2, 0) is 17.6 Å². The van der Waals surface area contributed by atoms with Crippen molar-refractivity contribution in [3.63, 3.8) is 0 Å². The second-order valence-electron chi connectivity index (χ2n) is 6.10. The number of aromatic nitrogens is 4. The summed E-state index contributed by atoms with van der Waals surface area (Å²) in [6.07, 6.45) is 6.98. The smallest absolute Gasteiger partial charge is 0.276 e. The number of benzene rings is 1. The zero-order valence-electron chi connectivity index (χ0n) is 13.5. The Hall–Kier alpha value is -3.22. The van der Waals surface area contributed by atoms with Gasteiger partial charge in [0, 0.05) is 18.3 Å². The maximum atomic E-state index is 12.5. The number of aryl methyl sites for hydroxylation is 1. The van der Waals surface area contributed by atoms with E-state index in [0.717, 1.165) is 12.8 Å². The average molecular weight is 335 g/mol. The molecule has 1 amide bonds. The number of nitrogens with zero attached hydrogens (tertiary/aromatic N) is 3. The third kappa shape index (κ3) is 3.08. The normalized spacial score (nSPS) is 16.2. The number of hydrogen-bond donors (Lipinski definition) is 2. The Labute approximate surface area is 143 Å². The lowest BCUT2D eigenvalue weighted by Crippen LogP contribution is -2.30. The van der Waals surface area contributed by atoms with E-state index in [1.165, 1.54) is 22.0 Å². The van der Waals surface area contributed by atoms with Crippen LogP contribution in [0.1, 0.15) is 17.5 Å². The van der Waals surface area contributed by atoms with Crippen molar-refractivity contribution >= 4 is 11.6 Å². The van der Waals surface area contributed by atoms with Gasteiger partial charge >= 0.3 is 0 Å². The average Bonchev–Trinajstić information content (AvgIpc) is 3.17. The van der Waals surface area contributed by atoms with Crippen molar-refractivity contribution in [2.24, 2.45) is 5.92 Å². The van der Waals surface area contributed by atoms with E-state index in [0.29, 0.717) is 12.4 Å². The molecular formula is C18H17N5O2. The third-order valence-corrected chi connectivity index (χ3v) is 4.48. The molecule has 1 atom stereocenters. The summed E-state index contributed by atoms with van der Waals surface area (Å²) in [4.78, 5) is 31.5. The quantitative estimate of drug-likeness (QED) is 0.762. The first-order valence-electron chi connectivity index (χ1n) is 8.18. The van der Waals surface area contributed by atoms with Gasteiger partial charge in [-0.05, 0) is 36.5 Å². The van der Waals surface area contributed by atoms with Gasteiger partial charge in [-0.1, -0.05) is 24.3 Å². The van der Waals surface area contributed by atoms with Crippen LogP contribution >= 0.6 is 0 Å². The first kappa shape index (κ1) is 15.3. The summed E-state index contributed by atoms with van der Waals surface area (Å²) in [6.45, 7) is 0. The zero-order chi connectivity index (χ0) is 17.2. The molecule has 0 aliphatic heterocycles. The first-order valence-corrected chi connectivity index (χ1v) is 8.18. The molecule has 2 heterocycles. The van der Waals surface area contributed by atoms with Crippen LogP contribution in [0, 0.1) is 5.92 Å². The standard InChI is InChI=1S/C18H17N5O2/c24-16(14-7-6-12-4-1-2-5-13(12)10-14)21-15-11-19-18(22-17(15)25)23-9-3-8-20-23/h1-5,8-9,11,14H,6-7,10H2,(H,21,24)(H,19,22,25). The number of rotatable bonds is 3. The van der Waals surface area contributed by atoms with Crippen LogP contribution in [0.3, 0.4) is 0 Å². The molecule has 0 radical (unpaired) electrons. The van der Waals surface area contributed by atoms with E-state index in [1.807, 2.05) is 12.1 Å².